The molecule has 0 saturated carbocycles. The van der Waals surface area contributed by atoms with Gasteiger partial charge in [0.05, 0.1) is 22.2 Å². The molecule has 3 N–H and O–H groups in total. The quantitative estimate of drug-likeness (QED) is 0.583. The van der Waals surface area contributed by atoms with Crippen LogP contribution in [0, 0.1) is 0 Å². The molecule has 27 heavy (non-hydrogen) atoms. The number of nitrogens with zero attached hydrogens (tertiary/aromatic N) is 2. The zero-order valence-electron chi connectivity index (χ0n) is 14.1. The first kappa shape index (κ1) is 16.0. The van der Waals surface area contributed by atoms with Gasteiger partial charge in [0, 0.05) is 12.0 Å². The van der Waals surface area contributed by atoms with Crippen molar-refractivity contribution >= 4 is 17.0 Å². The van der Waals surface area contributed by atoms with Gasteiger partial charge in [-0.2, -0.15) is 5.10 Å². The standard InChI is InChI=1S/C20H16N2O4S/c23-15-8-7-12(18(24)19(15)25)20-22-14(11-4-1-2-5-16(11)26-20)10-13(21-22)17-6-3-9-27-17/h1-9,14,20,23-25H,10H2/t14-,20-/m1/s1. The van der Waals surface area contributed by atoms with Crippen molar-refractivity contribution in [3.63, 3.8) is 0 Å². The smallest absolute Gasteiger partial charge is 0.217 e. The monoisotopic (exact) mass is 380 g/mol. The van der Waals surface area contributed by atoms with Gasteiger partial charge in [-0.1, -0.05) is 24.3 Å². The van der Waals surface area contributed by atoms with Crippen LogP contribution in [-0.2, 0) is 0 Å². The van der Waals surface area contributed by atoms with Crippen molar-refractivity contribution in [2.24, 2.45) is 5.10 Å². The molecule has 5 rings (SSSR count). The van der Waals surface area contributed by atoms with Crippen LogP contribution in [0.2, 0.25) is 0 Å². The first-order valence-corrected chi connectivity index (χ1v) is 9.40. The fourth-order valence-electron chi connectivity index (χ4n) is 3.61. The Balaban J connectivity index is 1.64. The Kier molecular flexibility index (Phi) is 3.51. The van der Waals surface area contributed by atoms with Crippen LogP contribution in [0.1, 0.15) is 34.7 Å². The molecule has 0 radical (unpaired) electrons. The molecule has 0 amide bonds. The molecule has 2 aliphatic rings. The maximum absolute atomic E-state index is 10.4. The van der Waals surface area contributed by atoms with Crippen molar-refractivity contribution in [3.05, 3.63) is 69.9 Å². The van der Waals surface area contributed by atoms with E-state index in [1.165, 1.54) is 6.07 Å². The van der Waals surface area contributed by atoms with Crippen LogP contribution in [0.15, 0.2) is 59.0 Å². The minimum Gasteiger partial charge on any atom is -0.504 e. The Labute approximate surface area is 159 Å². The number of para-hydroxylation sites is 1. The zero-order chi connectivity index (χ0) is 18.5. The second-order valence-electron chi connectivity index (χ2n) is 6.50. The van der Waals surface area contributed by atoms with Gasteiger partial charge in [0.15, 0.2) is 11.5 Å². The fourth-order valence-corrected chi connectivity index (χ4v) is 4.34. The fraction of sp³-hybridized carbons (Fsp3) is 0.150. The van der Waals surface area contributed by atoms with Crippen LogP contribution >= 0.6 is 11.3 Å². The van der Waals surface area contributed by atoms with Gasteiger partial charge < -0.3 is 20.1 Å². The van der Waals surface area contributed by atoms with Crippen molar-refractivity contribution in [2.75, 3.05) is 0 Å². The number of hydrazone groups is 1. The summed E-state index contributed by atoms with van der Waals surface area (Å²) in [4.78, 5) is 1.10. The van der Waals surface area contributed by atoms with Gasteiger partial charge in [-0.25, -0.2) is 5.01 Å². The van der Waals surface area contributed by atoms with E-state index in [0.29, 0.717) is 5.56 Å². The lowest BCUT2D eigenvalue weighted by molar-refractivity contribution is -0.0205. The number of hydrogen-bond acceptors (Lipinski definition) is 7. The molecule has 0 aliphatic carbocycles. The van der Waals surface area contributed by atoms with E-state index < -0.39 is 17.7 Å². The molecule has 0 fully saturated rings. The zero-order valence-corrected chi connectivity index (χ0v) is 14.9. The lowest BCUT2D eigenvalue weighted by atomic mass is 9.97. The summed E-state index contributed by atoms with van der Waals surface area (Å²) < 4.78 is 6.14. The van der Waals surface area contributed by atoms with E-state index in [1.54, 1.807) is 17.4 Å². The minimum absolute atomic E-state index is 0.0348. The normalized spacial score (nSPS) is 20.6. The van der Waals surface area contributed by atoms with Crippen molar-refractivity contribution in [3.8, 4) is 23.0 Å². The van der Waals surface area contributed by atoms with E-state index in [-0.39, 0.29) is 11.8 Å². The van der Waals surface area contributed by atoms with Gasteiger partial charge in [0.1, 0.15) is 5.75 Å². The van der Waals surface area contributed by atoms with E-state index in [9.17, 15) is 15.3 Å². The predicted molar refractivity (Wildman–Crippen MR) is 101 cm³/mol. The second kappa shape index (κ2) is 5.92. The summed E-state index contributed by atoms with van der Waals surface area (Å²) in [5.74, 6) is -0.627. The van der Waals surface area contributed by atoms with Crippen LogP contribution in [-0.4, -0.2) is 26.0 Å². The third kappa shape index (κ3) is 2.43. The number of fused-ring (bicyclic) bond motifs is 3. The number of benzene rings is 2. The third-order valence-electron chi connectivity index (χ3n) is 4.93. The Morgan fingerprint density at radius 2 is 1.81 bits per heavy atom. The minimum atomic E-state index is -0.714. The topological polar surface area (TPSA) is 85.5 Å². The first-order valence-electron chi connectivity index (χ1n) is 8.52. The van der Waals surface area contributed by atoms with Crippen LogP contribution in [0.5, 0.6) is 23.0 Å². The van der Waals surface area contributed by atoms with E-state index >= 15 is 0 Å². The number of ether oxygens (including phenoxy) is 1. The average molecular weight is 380 g/mol. The van der Waals surface area contributed by atoms with Gasteiger partial charge in [-0.15, -0.1) is 11.3 Å². The van der Waals surface area contributed by atoms with Gasteiger partial charge in [0.2, 0.25) is 12.0 Å². The van der Waals surface area contributed by atoms with E-state index in [4.69, 9.17) is 9.84 Å². The molecule has 136 valence electrons. The van der Waals surface area contributed by atoms with E-state index in [1.807, 2.05) is 46.8 Å². The second-order valence-corrected chi connectivity index (χ2v) is 7.45. The van der Waals surface area contributed by atoms with Gasteiger partial charge in [-0.3, -0.25) is 0 Å². The molecule has 1 aromatic heterocycles. The summed E-state index contributed by atoms with van der Waals surface area (Å²) in [7, 11) is 0. The molecular weight excluding hydrogens is 364 g/mol. The third-order valence-corrected chi connectivity index (χ3v) is 5.85. The molecule has 2 aliphatic heterocycles. The van der Waals surface area contributed by atoms with Crippen LogP contribution in [0.4, 0.5) is 0 Å². The molecule has 3 heterocycles. The number of hydrogen-bond donors (Lipinski definition) is 3. The summed E-state index contributed by atoms with van der Waals surface area (Å²) in [6, 6.07) is 14.6. The molecule has 2 aromatic carbocycles. The molecule has 0 spiro atoms. The van der Waals surface area contributed by atoms with Crippen molar-refractivity contribution in [1.82, 2.24) is 5.01 Å². The Morgan fingerprint density at radius 1 is 0.963 bits per heavy atom. The van der Waals surface area contributed by atoms with Crippen molar-refractivity contribution in [2.45, 2.75) is 18.7 Å². The number of rotatable bonds is 2. The summed E-state index contributed by atoms with van der Waals surface area (Å²) in [5.41, 5.74) is 2.34. The highest BCUT2D eigenvalue weighted by Gasteiger charge is 2.42. The lowest BCUT2D eigenvalue weighted by Crippen LogP contribution is -2.33. The van der Waals surface area contributed by atoms with Gasteiger partial charge in [0.25, 0.3) is 0 Å². The molecule has 6 nitrogen and oxygen atoms in total. The van der Waals surface area contributed by atoms with Gasteiger partial charge in [-0.05, 0) is 29.6 Å². The summed E-state index contributed by atoms with van der Waals surface area (Å²) in [6.45, 7) is 0. The molecule has 0 unspecified atom stereocenters. The SMILES string of the molecule is Oc1ccc([C@H]2Oc3ccccc3[C@H]3CC(c4cccs4)=NN32)c(O)c1O. The van der Waals surface area contributed by atoms with Crippen LogP contribution in [0.3, 0.4) is 0 Å². The highest BCUT2D eigenvalue weighted by molar-refractivity contribution is 7.12. The highest BCUT2D eigenvalue weighted by Crippen LogP contribution is 2.50. The Bertz CT molecular complexity index is 1050. The molecular formula is C20H16N2O4S. The summed E-state index contributed by atoms with van der Waals surface area (Å²) >= 11 is 1.63. The average Bonchev–Trinajstić information content (AvgIpc) is 3.35. The Hall–Kier alpha value is -3.19. The molecule has 2 atom stereocenters. The predicted octanol–water partition coefficient (Wildman–Crippen LogP) is 4.11. The number of phenols is 3. The summed E-state index contributed by atoms with van der Waals surface area (Å²) in [5, 5.41) is 38.6. The molecule has 0 bridgehead atoms. The lowest BCUT2D eigenvalue weighted by Gasteiger charge is -2.38. The molecule has 7 heteroatoms. The highest BCUT2D eigenvalue weighted by atomic mass is 32.1. The largest absolute Gasteiger partial charge is 0.504 e. The maximum Gasteiger partial charge on any atom is 0.217 e. The number of phenolic OH excluding ortho intramolecular Hbond substituents is 3. The molecule has 3 aromatic rings. The van der Waals surface area contributed by atoms with Crippen molar-refractivity contribution in [1.29, 1.82) is 0 Å². The van der Waals surface area contributed by atoms with E-state index in [2.05, 4.69) is 0 Å². The van der Waals surface area contributed by atoms with Crippen LogP contribution in [0.25, 0.3) is 0 Å². The maximum atomic E-state index is 10.4. The molecule has 0 saturated heterocycles. The van der Waals surface area contributed by atoms with Gasteiger partial charge >= 0.3 is 0 Å². The Morgan fingerprint density at radius 3 is 2.63 bits per heavy atom. The van der Waals surface area contributed by atoms with Crippen molar-refractivity contribution < 1.29 is 20.1 Å². The first-order chi connectivity index (χ1) is 13.1. The van der Waals surface area contributed by atoms with E-state index in [0.717, 1.165) is 28.3 Å². The summed E-state index contributed by atoms with van der Waals surface area (Å²) in [6.07, 6.45) is 0.0104. The number of aromatic hydroxyl groups is 3. The van der Waals surface area contributed by atoms with Crippen LogP contribution < -0.4 is 4.74 Å². The number of thiophene rings is 1.